The van der Waals surface area contributed by atoms with E-state index in [1.807, 2.05) is 0 Å². The minimum Gasteiger partial charge on any atom is -0.340 e. The van der Waals surface area contributed by atoms with Crippen LogP contribution in [-0.2, 0) is 4.79 Å². The van der Waals surface area contributed by atoms with Gasteiger partial charge in [-0.15, -0.1) is 0 Å². The zero-order chi connectivity index (χ0) is 13.2. The average Bonchev–Trinajstić information content (AvgIpc) is 2.84. The molecule has 100 valence electrons. The van der Waals surface area contributed by atoms with Crippen molar-refractivity contribution < 1.29 is 9.18 Å². The Balaban J connectivity index is 2.03. The molecule has 19 heavy (non-hydrogen) atoms. The van der Waals surface area contributed by atoms with Crippen molar-refractivity contribution in [1.82, 2.24) is 15.3 Å². The Bertz CT molecular complexity index is 605. The summed E-state index contributed by atoms with van der Waals surface area (Å²) in [6.45, 7) is 3.48. The average molecular weight is 263 g/mol. The highest BCUT2D eigenvalue weighted by molar-refractivity contribution is 5.94. The van der Waals surface area contributed by atoms with Gasteiger partial charge in [-0.3, -0.25) is 4.79 Å². The third-order valence-electron chi connectivity index (χ3n) is 3.17. The standard InChI is InChI=1S/C12H14FN5O/c13-8-5-9(15-7-19)11-10(6-8)16-12(17-11)18-3-1-14-2-4-18/h5-7,14H,1-4H2,(H,15,19)(H,16,17). The van der Waals surface area contributed by atoms with Crippen LogP contribution >= 0.6 is 0 Å². The number of aromatic nitrogens is 2. The highest BCUT2D eigenvalue weighted by atomic mass is 19.1. The number of anilines is 2. The SMILES string of the molecule is O=CNc1cc(F)cc2[nH]c(N3CCNCC3)nc12. The fourth-order valence-corrected chi connectivity index (χ4v) is 2.27. The second-order valence-corrected chi connectivity index (χ2v) is 4.41. The molecular formula is C12H14FN5O. The molecule has 1 aromatic carbocycles. The van der Waals surface area contributed by atoms with Crippen LogP contribution in [0.4, 0.5) is 16.0 Å². The number of H-pyrrole nitrogens is 1. The maximum Gasteiger partial charge on any atom is 0.211 e. The minimum atomic E-state index is -0.410. The molecule has 3 rings (SSSR count). The molecule has 6 nitrogen and oxygen atoms in total. The van der Waals surface area contributed by atoms with E-state index < -0.39 is 5.82 Å². The monoisotopic (exact) mass is 263 g/mol. The van der Waals surface area contributed by atoms with Gasteiger partial charge in [0.2, 0.25) is 12.4 Å². The van der Waals surface area contributed by atoms with E-state index in [-0.39, 0.29) is 0 Å². The summed E-state index contributed by atoms with van der Waals surface area (Å²) >= 11 is 0. The van der Waals surface area contributed by atoms with E-state index in [0.717, 1.165) is 26.2 Å². The van der Waals surface area contributed by atoms with Crippen LogP contribution in [0.2, 0.25) is 0 Å². The number of hydrogen-bond acceptors (Lipinski definition) is 4. The number of amides is 1. The number of nitrogens with one attached hydrogen (secondary N) is 3. The highest BCUT2D eigenvalue weighted by Gasteiger charge is 2.16. The number of piperazine rings is 1. The van der Waals surface area contributed by atoms with E-state index in [4.69, 9.17) is 0 Å². The van der Waals surface area contributed by atoms with Gasteiger partial charge in [0.25, 0.3) is 0 Å². The molecule has 1 saturated heterocycles. The lowest BCUT2D eigenvalue weighted by Crippen LogP contribution is -2.44. The molecule has 7 heteroatoms. The number of aromatic amines is 1. The number of imidazole rings is 1. The van der Waals surface area contributed by atoms with E-state index in [0.29, 0.717) is 29.1 Å². The van der Waals surface area contributed by atoms with Gasteiger partial charge in [-0.25, -0.2) is 9.37 Å². The summed E-state index contributed by atoms with van der Waals surface area (Å²) in [5.41, 5.74) is 1.53. The fraction of sp³-hybridized carbons (Fsp3) is 0.333. The van der Waals surface area contributed by atoms with Crippen LogP contribution in [0, 0.1) is 5.82 Å². The number of nitrogens with zero attached hydrogens (tertiary/aromatic N) is 2. The molecule has 0 atom stereocenters. The molecule has 1 aliphatic rings. The van der Waals surface area contributed by atoms with Crippen LogP contribution in [0.15, 0.2) is 12.1 Å². The molecule has 1 fully saturated rings. The second-order valence-electron chi connectivity index (χ2n) is 4.41. The van der Waals surface area contributed by atoms with Gasteiger partial charge in [-0.05, 0) is 12.1 Å². The number of rotatable bonds is 3. The van der Waals surface area contributed by atoms with E-state index in [1.165, 1.54) is 12.1 Å². The quantitative estimate of drug-likeness (QED) is 0.712. The minimum absolute atomic E-state index is 0.377. The normalized spacial score (nSPS) is 15.7. The molecule has 2 heterocycles. The highest BCUT2D eigenvalue weighted by Crippen LogP contribution is 2.25. The van der Waals surface area contributed by atoms with E-state index in [9.17, 15) is 9.18 Å². The molecule has 0 saturated carbocycles. The number of hydrogen-bond donors (Lipinski definition) is 3. The van der Waals surface area contributed by atoms with Crippen LogP contribution in [0.5, 0.6) is 0 Å². The molecule has 1 aliphatic heterocycles. The summed E-state index contributed by atoms with van der Waals surface area (Å²) in [5, 5.41) is 5.73. The molecule has 0 spiro atoms. The van der Waals surface area contributed by atoms with Gasteiger partial charge in [0.1, 0.15) is 11.3 Å². The molecule has 3 N–H and O–H groups in total. The predicted molar refractivity (Wildman–Crippen MR) is 70.8 cm³/mol. The first-order valence-corrected chi connectivity index (χ1v) is 6.13. The summed E-state index contributed by atoms with van der Waals surface area (Å²) in [4.78, 5) is 20.2. The van der Waals surface area contributed by atoms with Crippen LogP contribution < -0.4 is 15.5 Å². The first-order chi connectivity index (χ1) is 9.28. The molecule has 0 bridgehead atoms. The molecular weight excluding hydrogens is 249 g/mol. The van der Waals surface area contributed by atoms with Gasteiger partial charge >= 0.3 is 0 Å². The van der Waals surface area contributed by atoms with Crippen molar-refractivity contribution in [2.45, 2.75) is 0 Å². The van der Waals surface area contributed by atoms with Gasteiger partial charge in [0, 0.05) is 26.2 Å². The molecule has 1 aromatic heterocycles. The number of fused-ring (bicyclic) bond motifs is 1. The van der Waals surface area contributed by atoms with Crippen molar-refractivity contribution in [2.24, 2.45) is 0 Å². The lowest BCUT2D eigenvalue weighted by molar-refractivity contribution is -0.105. The molecule has 0 aliphatic carbocycles. The zero-order valence-electron chi connectivity index (χ0n) is 10.2. The number of benzene rings is 1. The van der Waals surface area contributed by atoms with Gasteiger partial charge in [0.05, 0.1) is 11.2 Å². The summed E-state index contributed by atoms with van der Waals surface area (Å²) < 4.78 is 13.4. The Morgan fingerprint density at radius 2 is 2.16 bits per heavy atom. The van der Waals surface area contributed by atoms with Crippen LogP contribution in [0.3, 0.4) is 0 Å². The Morgan fingerprint density at radius 3 is 2.89 bits per heavy atom. The lowest BCUT2D eigenvalue weighted by Gasteiger charge is -2.26. The van der Waals surface area contributed by atoms with Crippen LogP contribution in [0.25, 0.3) is 11.0 Å². The van der Waals surface area contributed by atoms with Crippen molar-refractivity contribution in [1.29, 1.82) is 0 Å². The lowest BCUT2D eigenvalue weighted by atomic mass is 10.2. The van der Waals surface area contributed by atoms with E-state index in [2.05, 4.69) is 25.5 Å². The Hall–Kier alpha value is -2.15. The fourth-order valence-electron chi connectivity index (χ4n) is 2.27. The van der Waals surface area contributed by atoms with Crippen molar-refractivity contribution in [2.75, 3.05) is 36.4 Å². The number of halogens is 1. The van der Waals surface area contributed by atoms with Crippen molar-refractivity contribution in [3.63, 3.8) is 0 Å². The second kappa shape index (κ2) is 4.85. The third-order valence-corrected chi connectivity index (χ3v) is 3.17. The Morgan fingerprint density at radius 1 is 1.37 bits per heavy atom. The number of carbonyl (C=O) groups excluding carboxylic acids is 1. The van der Waals surface area contributed by atoms with E-state index in [1.54, 1.807) is 0 Å². The van der Waals surface area contributed by atoms with Crippen molar-refractivity contribution in [3.05, 3.63) is 17.9 Å². The largest absolute Gasteiger partial charge is 0.340 e. The summed E-state index contributed by atoms with van der Waals surface area (Å²) in [6.07, 6.45) is 0.521. The summed E-state index contributed by atoms with van der Waals surface area (Å²) in [7, 11) is 0. The Kier molecular flexibility index (Phi) is 3.04. The van der Waals surface area contributed by atoms with Crippen molar-refractivity contribution in [3.8, 4) is 0 Å². The molecule has 1 amide bonds. The van der Waals surface area contributed by atoms with Crippen molar-refractivity contribution >= 4 is 29.1 Å². The topological polar surface area (TPSA) is 73.1 Å². The van der Waals surface area contributed by atoms with Gasteiger partial charge in [-0.2, -0.15) is 0 Å². The van der Waals surface area contributed by atoms with Gasteiger partial charge in [0.15, 0.2) is 0 Å². The van der Waals surface area contributed by atoms with Gasteiger partial charge < -0.3 is 20.5 Å². The first kappa shape index (κ1) is 11.9. The van der Waals surface area contributed by atoms with Crippen LogP contribution in [-0.4, -0.2) is 42.6 Å². The first-order valence-electron chi connectivity index (χ1n) is 6.13. The predicted octanol–water partition coefficient (Wildman–Crippen LogP) is 0.680. The van der Waals surface area contributed by atoms with Gasteiger partial charge in [-0.1, -0.05) is 0 Å². The third kappa shape index (κ3) is 2.24. The van der Waals surface area contributed by atoms with E-state index >= 15 is 0 Å². The summed E-state index contributed by atoms with van der Waals surface area (Å²) in [6, 6.07) is 2.64. The number of carbonyl (C=O) groups is 1. The maximum atomic E-state index is 13.4. The molecule has 0 radical (unpaired) electrons. The van der Waals surface area contributed by atoms with Crippen LogP contribution in [0.1, 0.15) is 0 Å². The zero-order valence-corrected chi connectivity index (χ0v) is 10.2. The molecule has 0 unspecified atom stereocenters. The molecule has 2 aromatic rings. The Labute approximate surface area is 109 Å². The maximum absolute atomic E-state index is 13.4. The summed E-state index contributed by atoms with van der Waals surface area (Å²) in [5.74, 6) is 0.295. The smallest absolute Gasteiger partial charge is 0.211 e.